The van der Waals surface area contributed by atoms with Crippen LogP contribution in [0.1, 0.15) is 24.0 Å². The number of halogens is 6. The maximum Gasteiger partial charge on any atom is 0.416 e. The molecule has 5 nitrogen and oxygen atoms in total. The van der Waals surface area contributed by atoms with Gasteiger partial charge in [0.1, 0.15) is 5.82 Å². The van der Waals surface area contributed by atoms with Gasteiger partial charge in [-0.25, -0.2) is 13.4 Å². The first-order valence-corrected chi connectivity index (χ1v) is 10.1. The van der Waals surface area contributed by atoms with Gasteiger partial charge in [-0.3, -0.25) is 4.79 Å². The van der Waals surface area contributed by atoms with Gasteiger partial charge in [0.2, 0.25) is 5.91 Å². The number of nitrogens with zero attached hydrogens (tertiary/aromatic N) is 1. The molecule has 1 saturated carbocycles. The Kier molecular flexibility index (Phi) is 5.56. The molecule has 1 aliphatic rings. The number of benzene rings is 1. The fraction of sp³-hybridized carbons (Fsp3) is 0.333. The molecule has 0 radical (unpaired) electrons. The normalized spacial score (nSPS) is 19.8. The number of nitrogens with one attached hydrogen (secondary N) is 1. The second-order valence-corrected chi connectivity index (χ2v) is 9.01. The van der Waals surface area contributed by atoms with Crippen molar-refractivity contribution in [3.63, 3.8) is 0 Å². The number of sulfone groups is 1. The van der Waals surface area contributed by atoms with E-state index in [2.05, 4.69) is 10.3 Å². The molecule has 1 aromatic carbocycles. The van der Waals surface area contributed by atoms with Crippen LogP contribution in [0.3, 0.4) is 0 Å². The van der Waals surface area contributed by atoms with Crippen LogP contribution in [0.4, 0.5) is 32.2 Å². The summed E-state index contributed by atoms with van der Waals surface area (Å²) >= 11 is 0. The van der Waals surface area contributed by atoms with Gasteiger partial charge in [0, 0.05) is 12.1 Å². The SMILES string of the molecule is O=C(Nc1cc(C(F)(F)F)ccn1)[C@H]1C[C@H](S(=O)(=O)c2cccc(C(F)(F)F)c2)C1. The van der Waals surface area contributed by atoms with Crippen LogP contribution in [-0.2, 0) is 27.0 Å². The first kappa shape index (κ1) is 22.1. The highest BCUT2D eigenvalue weighted by Gasteiger charge is 2.43. The predicted octanol–water partition coefficient (Wildman–Crippen LogP) is 4.31. The van der Waals surface area contributed by atoms with Crippen LogP contribution in [0.25, 0.3) is 0 Å². The number of aromatic nitrogens is 1. The van der Waals surface area contributed by atoms with E-state index in [0.717, 1.165) is 30.5 Å². The lowest BCUT2D eigenvalue weighted by atomic mass is 9.84. The van der Waals surface area contributed by atoms with Crippen molar-refractivity contribution >= 4 is 21.6 Å². The number of alkyl halides is 6. The van der Waals surface area contributed by atoms with Crippen LogP contribution in [0.15, 0.2) is 47.5 Å². The van der Waals surface area contributed by atoms with E-state index in [1.807, 2.05) is 0 Å². The number of hydrogen-bond donors (Lipinski definition) is 1. The monoisotopic (exact) mass is 452 g/mol. The number of anilines is 1. The molecule has 1 N–H and O–H groups in total. The van der Waals surface area contributed by atoms with Gasteiger partial charge in [0.25, 0.3) is 0 Å². The first-order chi connectivity index (χ1) is 13.8. The molecule has 3 rings (SSSR count). The number of carbonyl (C=O) groups excluding carboxylic acids is 1. The molecular weight excluding hydrogens is 438 g/mol. The Morgan fingerprint density at radius 2 is 1.57 bits per heavy atom. The standard InChI is InChI=1S/C18H14F6N2O3S/c19-17(20,21)11-2-1-3-13(8-11)30(28,29)14-6-10(7-14)16(27)26-15-9-12(4-5-25-15)18(22,23)24/h1-5,8-10,14H,6-7H2,(H,25,26,27)/t10-,14-. The molecule has 0 bridgehead atoms. The number of amides is 1. The molecule has 0 saturated heterocycles. The molecule has 0 atom stereocenters. The minimum Gasteiger partial charge on any atom is -0.310 e. The van der Waals surface area contributed by atoms with E-state index in [4.69, 9.17) is 0 Å². The van der Waals surface area contributed by atoms with E-state index in [9.17, 15) is 39.6 Å². The van der Waals surface area contributed by atoms with Gasteiger partial charge in [-0.2, -0.15) is 26.3 Å². The lowest BCUT2D eigenvalue weighted by Crippen LogP contribution is -2.42. The van der Waals surface area contributed by atoms with Crippen LogP contribution in [0.2, 0.25) is 0 Å². The van der Waals surface area contributed by atoms with Crippen molar-refractivity contribution < 1.29 is 39.6 Å². The molecule has 162 valence electrons. The van der Waals surface area contributed by atoms with Crippen LogP contribution >= 0.6 is 0 Å². The summed E-state index contributed by atoms with van der Waals surface area (Å²) in [5.41, 5.74) is -2.11. The zero-order valence-electron chi connectivity index (χ0n) is 15.0. The zero-order valence-corrected chi connectivity index (χ0v) is 15.8. The molecule has 1 aliphatic carbocycles. The average Bonchev–Trinajstić information content (AvgIpc) is 2.59. The molecule has 1 amide bonds. The average molecular weight is 452 g/mol. The summed E-state index contributed by atoms with van der Waals surface area (Å²) in [5.74, 6) is -1.86. The highest BCUT2D eigenvalue weighted by Crippen LogP contribution is 2.39. The van der Waals surface area contributed by atoms with Gasteiger partial charge in [0.15, 0.2) is 9.84 Å². The molecule has 1 heterocycles. The largest absolute Gasteiger partial charge is 0.416 e. The number of hydrogen-bond acceptors (Lipinski definition) is 4. The fourth-order valence-corrected chi connectivity index (χ4v) is 4.89. The second kappa shape index (κ2) is 7.56. The summed E-state index contributed by atoms with van der Waals surface area (Å²) < 4.78 is 102. The Balaban J connectivity index is 1.66. The summed E-state index contributed by atoms with van der Waals surface area (Å²) in [6.45, 7) is 0. The van der Waals surface area contributed by atoms with Crippen molar-refractivity contribution in [2.45, 2.75) is 35.3 Å². The van der Waals surface area contributed by atoms with Crippen molar-refractivity contribution in [2.24, 2.45) is 5.92 Å². The van der Waals surface area contributed by atoms with E-state index in [1.54, 1.807) is 0 Å². The molecule has 1 aromatic heterocycles. The summed E-state index contributed by atoms with van der Waals surface area (Å²) in [5, 5.41) is 1.14. The molecule has 0 aliphatic heterocycles. The van der Waals surface area contributed by atoms with E-state index in [-0.39, 0.29) is 18.7 Å². The van der Waals surface area contributed by atoms with E-state index < -0.39 is 55.3 Å². The molecule has 0 spiro atoms. The lowest BCUT2D eigenvalue weighted by Gasteiger charge is -2.33. The van der Waals surface area contributed by atoms with Gasteiger partial charge >= 0.3 is 12.4 Å². The van der Waals surface area contributed by atoms with Crippen molar-refractivity contribution in [1.82, 2.24) is 4.98 Å². The Morgan fingerprint density at radius 3 is 2.17 bits per heavy atom. The summed E-state index contributed by atoms with van der Waals surface area (Å²) in [7, 11) is -4.09. The van der Waals surface area contributed by atoms with Gasteiger partial charge in [-0.05, 0) is 43.2 Å². The maximum atomic E-state index is 12.8. The summed E-state index contributed by atoms with van der Waals surface area (Å²) in [4.78, 5) is 15.3. The highest BCUT2D eigenvalue weighted by molar-refractivity contribution is 7.92. The first-order valence-electron chi connectivity index (χ1n) is 8.54. The molecular formula is C18H14F6N2O3S. The van der Waals surface area contributed by atoms with Crippen LogP contribution in [-0.4, -0.2) is 24.6 Å². The molecule has 12 heteroatoms. The van der Waals surface area contributed by atoms with Crippen molar-refractivity contribution in [3.05, 3.63) is 53.7 Å². The fourth-order valence-electron chi connectivity index (χ4n) is 2.98. The Labute approximate surface area is 167 Å². The van der Waals surface area contributed by atoms with Gasteiger partial charge in [-0.1, -0.05) is 6.07 Å². The quantitative estimate of drug-likeness (QED) is 0.702. The zero-order chi connectivity index (χ0) is 22.3. The third kappa shape index (κ3) is 4.58. The molecule has 0 unspecified atom stereocenters. The Morgan fingerprint density at radius 1 is 0.967 bits per heavy atom. The van der Waals surface area contributed by atoms with Crippen molar-refractivity contribution in [1.29, 1.82) is 0 Å². The van der Waals surface area contributed by atoms with E-state index in [0.29, 0.717) is 12.1 Å². The number of rotatable bonds is 4. The maximum absolute atomic E-state index is 12.8. The topological polar surface area (TPSA) is 76.1 Å². The van der Waals surface area contributed by atoms with Gasteiger partial charge < -0.3 is 5.32 Å². The number of pyridine rings is 1. The van der Waals surface area contributed by atoms with Crippen molar-refractivity contribution in [2.75, 3.05) is 5.32 Å². The van der Waals surface area contributed by atoms with Crippen LogP contribution in [0.5, 0.6) is 0 Å². The molecule has 30 heavy (non-hydrogen) atoms. The minimum absolute atomic E-state index is 0.163. The summed E-state index contributed by atoms with van der Waals surface area (Å²) in [6.07, 6.45) is -8.78. The number of carbonyl (C=O) groups is 1. The highest BCUT2D eigenvalue weighted by atomic mass is 32.2. The third-order valence-electron chi connectivity index (χ3n) is 4.73. The van der Waals surface area contributed by atoms with Gasteiger partial charge in [-0.15, -0.1) is 0 Å². The summed E-state index contributed by atoms with van der Waals surface area (Å²) in [6, 6.07) is 4.69. The Bertz CT molecular complexity index is 1060. The van der Waals surface area contributed by atoms with Crippen molar-refractivity contribution in [3.8, 4) is 0 Å². The molecule has 1 fully saturated rings. The van der Waals surface area contributed by atoms with E-state index >= 15 is 0 Å². The lowest BCUT2D eigenvalue weighted by molar-refractivity contribution is -0.138. The minimum atomic E-state index is -4.70. The Hall–Kier alpha value is -2.63. The van der Waals surface area contributed by atoms with Gasteiger partial charge in [0.05, 0.1) is 21.3 Å². The third-order valence-corrected chi connectivity index (χ3v) is 6.91. The second-order valence-electron chi connectivity index (χ2n) is 6.78. The van der Waals surface area contributed by atoms with Crippen LogP contribution in [0, 0.1) is 5.92 Å². The smallest absolute Gasteiger partial charge is 0.310 e. The van der Waals surface area contributed by atoms with Crippen LogP contribution < -0.4 is 5.32 Å². The predicted molar refractivity (Wildman–Crippen MR) is 93.0 cm³/mol. The molecule has 2 aromatic rings. The van der Waals surface area contributed by atoms with E-state index in [1.165, 1.54) is 0 Å².